The van der Waals surface area contributed by atoms with Gasteiger partial charge in [0.05, 0.1) is 5.92 Å². The van der Waals surface area contributed by atoms with Crippen LogP contribution >= 0.6 is 0 Å². The number of halogens is 1. The minimum atomic E-state index is -0.329. The Labute approximate surface area is 155 Å². The Morgan fingerprint density at radius 1 is 1.11 bits per heavy atom. The summed E-state index contributed by atoms with van der Waals surface area (Å²) >= 11 is 0. The first-order chi connectivity index (χ1) is 13.2. The molecule has 0 radical (unpaired) electrons. The number of hydrogen-bond donors (Lipinski definition) is 1. The van der Waals surface area contributed by atoms with Gasteiger partial charge in [-0.3, -0.25) is 4.79 Å². The molecular formula is C18H18FN7O. The van der Waals surface area contributed by atoms with Gasteiger partial charge in [0.15, 0.2) is 11.6 Å². The van der Waals surface area contributed by atoms with Crippen molar-refractivity contribution in [2.24, 2.45) is 5.92 Å². The van der Waals surface area contributed by atoms with Crippen LogP contribution in [0.15, 0.2) is 49.1 Å². The highest BCUT2D eigenvalue weighted by Crippen LogP contribution is 2.23. The molecule has 1 fully saturated rings. The van der Waals surface area contributed by atoms with Crippen molar-refractivity contribution in [1.29, 1.82) is 0 Å². The number of benzene rings is 1. The number of hydrogen-bond acceptors (Lipinski definition) is 6. The standard InChI is InChI=1S/C18H18FN7O/c19-14-3-5-15(6-4-14)22-18(27)13-2-1-9-25(10-13)16-7-8-17(24-23-16)26-12-20-11-21-26/h3-8,11-13H,1-2,9-10H2,(H,22,27). The highest BCUT2D eigenvalue weighted by atomic mass is 19.1. The number of carbonyl (C=O) groups is 1. The summed E-state index contributed by atoms with van der Waals surface area (Å²) in [6.07, 6.45) is 4.67. The van der Waals surface area contributed by atoms with E-state index in [2.05, 4.69) is 30.5 Å². The van der Waals surface area contributed by atoms with Crippen LogP contribution in [0.5, 0.6) is 0 Å². The Kier molecular flexibility index (Phi) is 4.73. The molecule has 27 heavy (non-hydrogen) atoms. The van der Waals surface area contributed by atoms with E-state index < -0.39 is 0 Å². The number of nitrogens with one attached hydrogen (secondary N) is 1. The molecule has 0 aliphatic carbocycles. The third kappa shape index (κ3) is 3.91. The van der Waals surface area contributed by atoms with Gasteiger partial charge in [-0.15, -0.1) is 10.2 Å². The average molecular weight is 367 g/mol. The van der Waals surface area contributed by atoms with E-state index in [0.717, 1.165) is 25.2 Å². The topological polar surface area (TPSA) is 88.8 Å². The van der Waals surface area contributed by atoms with Crippen LogP contribution in [-0.4, -0.2) is 44.0 Å². The lowest BCUT2D eigenvalue weighted by atomic mass is 9.97. The fourth-order valence-electron chi connectivity index (χ4n) is 3.11. The molecule has 0 spiro atoms. The number of rotatable bonds is 4. The van der Waals surface area contributed by atoms with Crippen LogP contribution in [0.1, 0.15) is 12.8 Å². The summed E-state index contributed by atoms with van der Waals surface area (Å²) in [4.78, 5) is 18.5. The first-order valence-corrected chi connectivity index (χ1v) is 8.69. The summed E-state index contributed by atoms with van der Waals surface area (Å²) in [5.41, 5.74) is 0.593. The summed E-state index contributed by atoms with van der Waals surface area (Å²) in [7, 11) is 0. The van der Waals surface area contributed by atoms with E-state index in [-0.39, 0.29) is 17.6 Å². The number of aromatic nitrogens is 5. The highest BCUT2D eigenvalue weighted by Gasteiger charge is 2.27. The third-order valence-corrected chi connectivity index (χ3v) is 4.52. The van der Waals surface area contributed by atoms with Gasteiger partial charge in [0, 0.05) is 18.8 Å². The van der Waals surface area contributed by atoms with Crippen LogP contribution in [-0.2, 0) is 4.79 Å². The molecular weight excluding hydrogens is 349 g/mol. The number of piperidine rings is 1. The van der Waals surface area contributed by atoms with Crippen molar-refractivity contribution in [3.63, 3.8) is 0 Å². The van der Waals surface area contributed by atoms with Gasteiger partial charge in [0.1, 0.15) is 18.5 Å². The van der Waals surface area contributed by atoms with E-state index in [9.17, 15) is 9.18 Å². The maximum absolute atomic E-state index is 13.0. The lowest BCUT2D eigenvalue weighted by Gasteiger charge is -2.32. The van der Waals surface area contributed by atoms with Gasteiger partial charge in [-0.25, -0.2) is 14.1 Å². The van der Waals surface area contributed by atoms with Crippen molar-refractivity contribution in [2.45, 2.75) is 12.8 Å². The second-order valence-electron chi connectivity index (χ2n) is 6.37. The summed E-state index contributed by atoms with van der Waals surface area (Å²) in [5.74, 6) is 0.737. The molecule has 1 unspecified atom stereocenters. The van der Waals surface area contributed by atoms with Gasteiger partial charge < -0.3 is 10.2 Å². The molecule has 1 aromatic carbocycles. The van der Waals surface area contributed by atoms with Crippen molar-refractivity contribution in [2.75, 3.05) is 23.3 Å². The second-order valence-corrected chi connectivity index (χ2v) is 6.37. The van der Waals surface area contributed by atoms with Gasteiger partial charge >= 0.3 is 0 Å². The molecule has 1 aliphatic rings. The van der Waals surface area contributed by atoms with E-state index in [1.807, 2.05) is 12.1 Å². The summed E-state index contributed by atoms with van der Waals surface area (Å²) < 4.78 is 14.5. The maximum atomic E-state index is 13.0. The minimum absolute atomic E-state index is 0.0708. The third-order valence-electron chi connectivity index (χ3n) is 4.52. The summed E-state index contributed by atoms with van der Waals surface area (Å²) in [6, 6.07) is 9.46. The molecule has 9 heteroatoms. The number of anilines is 2. The Balaban J connectivity index is 1.41. The minimum Gasteiger partial charge on any atom is -0.354 e. The molecule has 1 saturated heterocycles. The molecule has 2 aromatic heterocycles. The Morgan fingerprint density at radius 3 is 2.59 bits per heavy atom. The fourth-order valence-corrected chi connectivity index (χ4v) is 3.11. The number of amides is 1. The highest BCUT2D eigenvalue weighted by molar-refractivity contribution is 5.93. The van der Waals surface area contributed by atoms with Gasteiger partial charge in [0.2, 0.25) is 5.91 Å². The van der Waals surface area contributed by atoms with E-state index >= 15 is 0 Å². The smallest absolute Gasteiger partial charge is 0.229 e. The Morgan fingerprint density at radius 2 is 1.89 bits per heavy atom. The molecule has 8 nitrogen and oxygen atoms in total. The van der Waals surface area contributed by atoms with Crippen LogP contribution in [0.25, 0.3) is 5.82 Å². The molecule has 0 bridgehead atoms. The average Bonchev–Trinajstić information content (AvgIpc) is 3.25. The van der Waals surface area contributed by atoms with Crippen LogP contribution in [0.3, 0.4) is 0 Å². The summed E-state index contributed by atoms with van der Waals surface area (Å²) in [6.45, 7) is 1.38. The monoisotopic (exact) mass is 367 g/mol. The molecule has 1 amide bonds. The van der Waals surface area contributed by atoms with Crippen LogP contribution in [0, 0.1) is 11.7 Å². The van der Waals surface area contributed by atoms with E-state index in [0.29, 0.717) is 18.1 Å². The fraction of sp³-hybridized carbons (Fsp3) is 0.278. The van der Waals surface area contributed by atoms with Crippen molar-refractivity contribution >= 4 is 17.4 Å². The molecule has 1 aliphatic heterocycles. The predicted octanol–water partition coefficient (Wildman–Crippen LogP) is 2.05. The lowest BCUT2D eigenvalue weighted by Crippen LogP contribution is -2.41. The van der Waals surface area contributed by atoms with E-state index in [1.165, 1.54) is 23.1 Å². The SMILES string of the molecule is O=C(Nc1ccc(F)cc1)C1CCCN(c2ccc(-n3cncn3)nn2)C1. The van der Waals surface area contributed by atoms with E-state index in [4.69, 9.17) is 0 Å². The first-order valence-electron chi connectivity index (χ1n) is 8.69. The van der Waals surface area contributed by atoms with Crippen molar-refractivity contribution < 1.29 is 9.18 Å². The zero-order valence-electron chi connectivity index (χ0n) is 14.5. The van der Waals surface area contributed by atoms with Gasteiger partial charge in [-0.2, -0.15) is 5.10 Å². The van der Waals surface area contributed by atoms with Gasteiger partial charge in [-0.05, 0) is 49.2 Å². The van der Waals surface area contributed by atoms with E-state index in [1.54, 1.807) is 18.5 Å². The summed E-state index contributed by atoms with van der Waals surface area (Å²) in [5, 5.41) is 15.3. The number of carbonyl (C=O) groups excluding carboxylic acids is 1. The van der Waals surface area contributed by atoms with Crippen molar-refractivity contribution in [3.8, 4) is 5.82 Å². The normalized spacial score (nSPS) is 16.9. The molecule has 138 valence electrons. The molecule has 0 saturated carbocycles. The Hall–Kier alpha value is -3.36. The van der Waals surface area contributed by atoms with Crippen molar-refractivity contribution in [1.82, 2.24) is 25.0 Å². The first kappa shape index (κ1) is 17.1. The van der Waals surface area contributed by atoms with Crippen LogP contribution in [0.2, 0.25) is 0 Å². The van der Waals surface area contributed by atoms with Crippen LogP contribution < -0.4 is 10.2 Å². The maximum Gasteiger partial charge on any atom is 0.229 e. The molecule has 1 N–H and O–H groups in total. The molecule has 4 rings (SSSR count). The van der Waals surface area contributed by atoms with Gasteiger partial charge in [-0.1, -0.05) is 0 Å². The molecule has 3 heterocycles. The Bertz CT molecular complexity index is 896. The zero-order valence-corrected chi connectivity index (χ0v) is 14.5. The van der Waals surface area contributed by atoms with Crippen LogP contribution in [0.4, 0.5) is 15.9 Å². The lowest BCUT2D eigenvalue weighted by molar-refractivity contribution is -0.120. The van der Waals surface area contributed by atoms with Gasteiger partial charge in [0.25, 0.3) is 0 Å². The largest absolute Gasteiger partial charge is 0.354 e. The molecule has 3 aromatic rings. The molecule has 1 atom stereocenters. The zero-order chi connectivity index (χ0) is 18.6. The number of nitrogens with zero attached hydrogens (tertiary/aromatic N) is 6. The second kappa shape index (κ2) is 7.48. The quantitative estimate of drug-likeness (QED) is 0.759. The van der Waals surface area contributed by atoms with Crippen molar-refractivity contribution in [3.05, 3.63) is 54.9 Å². The predicted molar refractivity (Wildman–Crippen MR) is 96.9 cm³/mol.